The lowest BCUT2D eigenvalue weighted by Crippen LogP contribution is -2.45. The van der Waals surface area contributed by atoms with Gasteiger partial charge in [0.2, 0.25) is 0 Å². The summed E-state index contributed by atoms with van der Waals surface area (Å²) in [6.45, 7) is 12.3. The molecule has 14 heavy (non-hydrogen) atoms. The van der Waals surface area contributed by atoms with Gasteiger partial charge < -0.3 is 4.90 Å². The van der Waals surface area contributed by atoms with E-state index in [-0.39, 0.29) is 0 Å². The molecule has 0 bridgehead atoms. The van der Waals surface area contributed by atoms with Crippen molar-refractivity contribution in [1.82, 2.24) is 9.91 Å². The largest absolute Gasteiger partial charge is 0.339 e. The zero-order chi connectivity index (χ0) is 10.9. The van der Waals surface area contributed by atoms with Gasteiger partial charge in [-0.3, -0.25) is 5.01 Å². The van der Waals surface area contributed by atoms with Gasteiger partial charge >= 0.3 is 0 Å². The average Bonchev–Trinajstić information content (AvgIpc) is 2.27. The summed E-state index contributed by atoms with van der Waals surface area (Å²) in [5, 5.41) is 6.39. The lowest BCUT2D eigenvalue weighted by Gasteiger charge is -2.35. The number of hydrazone groups is 1. The van der Waals surface area contributed by atoms with Gasteiger partial charge in [-0.2, -0.15) is 5.10 Å². The fourth-order valence-corrected chi connectivity index (χ4v) is 2.00. The van der Waals surface area contributed by atoms with Crippen molar-refractivity contribution in [3.63, 3.8) is 0 Å². The van der Waals surface area contributed by atoms with Gasteiger partial charge in [-0.05, 0) is 11.3 Å². The van der Waals surface area contributed by atoms with Crippen LogP contribution in [0.25, 0.3) is 0 Å². The van der Waals surface area contributed by atoms with E-state index in [9.17, 15) is 0 Å². The highest BCUT2D eigenvalue weighted by molar-refractivity contribution is 5.57. The molecule has 0 saturated heterocycles. The molecule has 0 N–H and O–H groups in total. The van der Waals surface area contributed by atoms with Crippen LogP contribution in [0, 0.1) is 11.3 Å². The molecule has 1 heterocycles. The van der Waals surface area contributed by atoms with Gasteiger partial charge in [0, 0.05) is 13.6 Å². The SMILES string of the molecule is CC(C)C1N(CC(C)(C)C)C=NN1C. The molecule has 1 rings (SSSR count). The number of nitrogens with zero attached hydrogens (tertiary/aromatic N) is 3. The first-order valence-electron chi connectivity index (χ1n) is 5.34. The smallest absolute Gasteiger partial charge is 0.121 e. The van der Waals surface area contributed by atoms with Crippen molar-refractivity contribution in [1.29, 1.82) is 0 Å². The summed E-state index contributed by atoms with van der Waals surface area (Å²) in [6.07, 6.45) is 2.39. The third-order valence-corrected chi connectivity index (χ3v) is 2.36. The Balaban J connectivity index is 2.65. The number of hydrogen-bond donors (Lipinski definition) is 0. The van der Waals surface area contributed by atoms with Crippen LogP contribution in [0.1, 0.15) is 34.6 Å². The summed E-state index contributed by atoms with van der Waals surface area (Å²) < 4.78 is 0. The van der Waals surface area contributed by atoms with Crippen molar-refractivity contribution < 1.29 is 0 Å². The van der Waals surface area contributed by atoms with Crippen molar-refractivity contribution in [2.24, 2.45) is 16.4 Å². The van der Waals surface area contributed by atoms with E-state index in [0.717, 1.165) is 6.54 Å². The van der Waals surface area contributed by atoms with E-state index in [0.29, 0.717) is 17.5 Å². The normalized spacial score (nSPS) is 22.6. The van der Waals surface area contributed by atoms with Crippen LogP contribution in [-0.4, -0.2) is 36.0 Å². The molecular weight excluding hydrogens is 174 g/mol. The van der Waals surface area contributed by atoms with E-state index >= 15 is 0 Å². The molecule has 3 heteroatoms. The van der Waals surface area contributed by atoms with E-state index in [1.807, 2.05) is 13.4 Å². The molecule has 0 aromatic carbocycles. The van der Waals surface area contributed by atoms with E-state index in [1.54, 1.807) is 0 Å². The molecular formula is C11H23N3. The second-order valence-corrected chi connectivity index (χ2v) is 5.70. The first-order chi connectivity index (χ1) is 6.31. The summed E-state index contributed by atoms with van der Waals surface area (Å²) in [4.78, 5) is 2.34. The van der Waals surface area contributed by atoms with Crippen LogP contribution in [-0.2, 0) is 0 Å². The molecule has 0 aromatic heterocycles. The van der Waals surface area contributed by atoms with Gasteiger partial charge in [-0.15, -0.1) is 0 Å². The Labute approximate surface area is 87.8 Å². The van der Waals surface area contributed by atoms with Crippen LogP contribution in [0.4, 0.5) is 0 Å². The highest BCUT2D eigenvalue weighted by Crippen LogP contribution is 2.23. The highest BCUT2D eigenvalue weighted by atomic mass is 15.6. The van der Waals surface area contributed by atoms with Crippen LogP contribution in [0.15, 0.2) is 5.10 Å². The van der Waals surface area contributed by atoms with E-state index in [4.69, 9.17) is 0 Å². The van der Waals surface area contributed by atoms with Crippen molar-refractivity contribution in [2.75, 3.05) is 13.6 Å². The number of rotatable bonds is 2. The van der Waals surface area contributed by atoms with Crippen molar-refractivity contribution in [3.8, 4) is 0 Å². The minimum absolute atomic E-state index is 0.324. The Hall–Kier alpha value is -0.730. The zero-order valence-corrected chi connectivity index (χ0v) is 10.3. The molecule has 1 aliphatic heterocycles. The van der Waals surface area contributed by atoms with Crippen LogP contribution < -0.4 is 0 Å². The first-order valence-corrected chi connectivity index (χ1v) is 5.34. The molecule has 1 unspecified atom stereocenters. The summed E-state index contributed by atoms with van der Waals surface area (Å²) in [7, 11) is 2.05. The third kappa shape index (κ3) is 2.63. The summed E-state index contributed by atoms with van der Waals surface area (Å²) in [6, 6.07) is 0. The van der Waals surface area contributed by atoms with Gasteiger partial charge in [0.25, 0.3) is 0 Å². The predicted octanol–water partition coefficient (Wildman–Crippen LogP) is 2.21. The van der Waals surface area contributed by atoms with Gasteiger partial charge in [-0.1, -0.05) is 34.6 Å². The minimum atomic E-state index is 0.324. The first kappa shape index (κ1) is 11.3. The molecule has 1 aliphatic rings. The van der Waals surface area contributed by atoms with E-state index in [1.165, 1.54) is 0 Å². The van der Waals surface area contributed by atoms with Crippen LogP contribution in [0.2, 0.25) is 0 Å². The summed E-state index contributed by atoms with van der Waals surface area (Å²) >= 11 is 0. The Morgan fingerprint density at radius 3 is 2.36 bits per heavy atom. The van der Waals surface area contributed by atoms with Gasteiger partial charge in [0.05, 0.1) is 0 Å². The fourth-order valence-electron chi connectivity index (χ4n) is 2.00. The maximum absolute atomic E-state index is 4.34. The van der Waals surface area contributed by atoms with Crippen molar-refractivity contribution >= 4 is 6.34 Å². The predicted molar refractivity (Wildman–Crippen MR) is 61.0 cm³/mol. The number of hydrogen-bond acceptors (Lipinski definition) is 3. The fraction of sp³-hybridized carbons (Fsp3) is 0.909. The molecule has 1 atom stereocenters. The molecule has 0 amide bonds. The highest BCUT2D eigenvalue weighted by Gasteiger charge is 2.30. The van der Waals surface area contributed by atoms with Crippen LogP contribution >= 0.6 is 0 Å². The molecule has 0 saturated carbocycles. The molecule has 3 nitrogen and oxygen atoms in total. The Morgan fingerprint density at radius 1 is 1.36 bits per heavy atom. The monoisotopic (exact) mass is 197 g/mol. The summed E-state index contributed by atoms with van der Waals surface area (Å²) in [5.41, 5.74) is 0.324. The molecule has 0 fully saturated rings. The Morgan fingerprint density at radius 2 is 1.93 bits per heavy atom. The second kappa shape index (κ2) is 3.79. The Bertz CT molecular complexity index is 215. The topological polar surface area (TPSA) is 18.8 Å². The molecule has 0 aliphatic carbocycles. The average molecular weight is 197 g/mol. The van der Waals surface area contributed by atoms with Crippen LogP contribution in [0.3, 0.4) is 0 Å². The van der Waals surface area contributed by atoms with E-state index in [2.05, 4.69) is 49.6 Å². The molecule has 82 valence electrons. The van der Waals surface area contributed by atoms with Gasteiger partial charge in [-0.25, -0.2) is 0 Å². The van der Waals surface area contributed by atoms with Crippen molar-refractivity contribution in [3.05, 3.63) is 0 Å². The maximum atomic E-state index is 4.34. The van der Waals surface area contributed by atoms with Crippen molar-refractivity contribution in [2.45, 2.75) is 40.8 Å². The van der Waals surface area contributed by atoms with Gasteiger partial charge in [0.1, 0.15) is 12.5 Å². The molecule has 0 aromatic rings. The maximum Gasteiger partial charge on any atom is 0.121 e. The van der Waals surface area contributed by atoms with Gasteiger partial charge in [0.15, 0.2) is 0 Å². The quantitative estimate of drug-likeness (QED) is 0.676. The lowest BCUT2D eigenvalue weighted by atomic mass is 9.95. The molecule has 0 spiro atoms. The summed E-state index contributed by atoms with van der Waals surface area (Å²) in [5.74, 6) is 0.602. The standard InChI is InChI=1S/C11H23N3/c1-9(2)10-13(6)12-8-14(10)7-11(3,4)5/h8-10H,7H2,1-6H3. The Kier molecular flexibility index (Phi) is 3.07. The van der Waals surface area contributed by atoms with E-state index < -0.39 is 0 Å². The third-order valence-electron chi connectivity index (χ3n) is 2.36. The zero-order valence-electron chi connectivity index (χ0n) is 10.3. The molecule has 0 radical (unpaired) electrons. The second-order valence-electron chi connectivity index (χ2n) is 5.70. The lowest BCUT2D eigenvalue weighted by molar-refractivity contribution is 0.0914. The minimum Gasteiger partial charge on any atom is -0.339 e. The van der Waals surface area contributed by atoms with Crippen LogP contribution in [0.5, 0.6) is 0 Å².